The molecule has 1 amide bonds. The topological polar surface area (TPSA) is 57.8 Å². The molecule has 29 heavy (non-hydrogen) atoms. The lowest BCUT2D eigenvalue weighted by atomic mass is 9.91. The number of nitriles is 1. The van der Waals surface area contributed by atoms with Gasteiger partial charge in [-0.25, -0.2) is 4.39 Å². The first kappa shape index (κ1) is 18.9. The van der Waals surface area contributed by atoms with Gasteiger partial charge in [0.2, 0.25) is 5.91 Å². The van der Waals surface area contributed by atoms with Gasteiger partial charge in [0.25, 0.3) is 0 Å². The van der Waals surface area contributed by atoms with Gasteiger partial charge in [-0.1, -0.05) is 18.7 Å². The number of rotatable bonds is 4. The van der Waals surface area contributed by atoms with Gasteiger partial charge in [-0.15, -0.1) is 0 Å². The second-order valence-electron chi connectivity index (χ2n) is 7.68. The Balaban J connectivity index is 1.77. The van der Waals surface area contributed by atoms with E-state index in [0.29, 0.717) is 24.1 Å². The van der Waals surface area contributed by atoms with Crippen LogP contribution in [-0.2, 0) is 24.2 Å². The van der Waals surface area contributed by atoms with E-state index in [1.54, 1.807) is 19.1 Å². The molecule has 1 N–H and O–H groups in total. The first-order chi connectivity index (χ1) is 14.0. The van der Waals surface area contributed by atoms with E-state index in [1.807, 2.05) is 24.3 Å². The molecule has 0 fully saturated rings. The van der Waals surface area contributed by atoms with Crippen molar-refractivity contribution in [3.8, 4) is 6.07 Å². The first-order valence-electron chi connectivity index (χ1n) is 9.71. The maximum absolute atomic E-state index is 13.7. The molecule has 1 heterocycles. The Kier molecular flexibility index (Phi) is 4.94. The fourth-order valence-corrected chi connectivity index (χ4v) is 4.15. The Hall–Kier alpha value is -3.39. The van der Waals surface area contributed by atoms with Crippen molar-refractivity contribution in [1.82, 2.24) is 9.88 Å². The lowest BCUT2D eigenvalue weighted by Crippen LogP contribution is -2.39. The summed E-state index contributed by atoms with van der Waals surface area (Å²) < 4.78 is 15.9. The first-order valence-corrected chi connectivity index (χ1v) is 9.71. The van der Waals surface area contributed by atoms with Gasteiger partial charge in [0.1, 0.15) is 5.82 Å². The van der Waals surface area contributed by atoms with Crippen LogP contribution >= 0.6 is 0 Å². The van der Waals surface area contributed by atoms with Crippen molar-refractivity contribution >= 4 is 16.8 Å². The molecule has 0 spiro atoms. The summed E-state index contributed by atoms with van der Waals surface area (Å²) >= 11 is 0. The van der Waals surface area contributed by atoms with Crippen LogP contribution < -0.4 is 5.32 Å². The molecule has 0 unspecified atom stereocenters. The molecule has 0 radical (unpaired) electrons. The number of halogens is 1. The van der Waals surface area contributed by atoms with Crippen LogP contribution in [0.2, 0.25) is 0 Å². The maximum atomic E-state index is 13.7. The summed E-state index contributed by atoms with van der Waals surface area (Å²) in [5.41, 5.74) is 5.39. The van der Waals surface area contributed by atoms with Crippen molar-refractivity contribution in [3.63, 3.8) is 0 Å². The molecule has 5 heteroatoms. The van der Waals surface area contributed by atoms with E-state index < -0.39 is 0 Å². The van der Waals surface area contributed by atoms with Crippen molar-refractivity contribution in [2.24, 2.45) is 0 Å². The molecular weight excluding hydrogens is 365 g/mol. The van der Waals surface area contributed by atoms with E-state index >= 15 is 0 Å². The Morgan fingerprint density at radius 3 is 2.90 bits per heavy atom. The van der Waals surface area contributed by atoms with Gasteiger partial charge >= 0.3 is 0 Å². The highest BCUT2D eigenvalue weighted by atomic mass is 19.1. The number of nitrogens with one attached hydrogen (secondary N) is 1. The van der Waals surface area contributed by atoms with Crippen molar-refractivity contribution in [2.45, 2.75) is 38.8 Å². The molecule has 0 saturated heterocycles. The molecule has 2 aromatic carbocycles. The number of amides is 1. The van der Waals surface area contributed by atoms with E-state index in [4.69, 9.17) is 0 Å². The summed E-state index contributed by atoms with van der Waals surface area (Å²) in [6.45, 7) is 5.98. The minimum absolute atomic E-state index is 0.0330. The number of carbonyl (C=O) groups excluding carboxylic acids is 1. The minimum atomic E-state index is -0.248. The van der Waals surface area contributed by atoms with Gasteiger partial charge in [0.05, 0.1) is 11.6 Å². The van der Waals surface area contributed by atoms with E-state index in [1.165, 1.54) is 11.8 Å². The molecular formula is C24H22FN3O. The molecule has 4 nitrogen and oxygen atoms in total. The van der Waals surface area contributed by atoms with Gasteiger partial charge in [-0.3, -0.25) is 4.79 Å². The van der Waals surface area contributed by atoms with Crippen molar-refractivity contribution in [1.29, 1.82) is 5.26 Å². The second kappa shape index (κ2) is 7.56. The lowest BCUT2D eigenvalue weighted by Gasteiger charge is -2.25. The minimum Gasteiger partial charge on any atom is -0.349 e. The Morgan fingerprint density at radius 1 is 1.34 bits per heavy atom. The van der Waals surface area contributed by atoms with Crippen LogP contribution in [0.4, 0.5) is 4.39 Å². The number of nitrogens with zero attached hydrogens (tertiary/aromatic N) is 2. The fraction of sp³-hybridized carbons (Fsp3) is 0.250. The number of hydrogen-bond donors (Lipinski definition) is 1. The molecule has 1 aliphatic rings. The summed E-state index contributed by atoms with van der Waals surface area (Å²) in [4.78, 5) is 12.1. The molecule has 1 aromatic heterocycles. The van der Waals surface area contributed by atoms with Crippen LogP contribution in [0.1, 0.15) is 35.7 Å². The van der Waals surface area contributed by atoms with Crippen LogP contribution in [0.15, 0.2) is 54.6 Å². The fourth-order valence-electron chi connectivity index (χ4n) is 4.15. The van der Waals surface area contributed by atoms with Gasteiger partial charge < -0.3 is 9.88 Å². The van der Waals surface area contributed by atoms with Crippen LogP contribution in [-0.4, -0.2) is 16.5 Å². The third-order valence-corrected chi connectivity index (χ3v) is 5.55. The predicted octanol–water partition coefficient (Wildman–Crippen LogP) is 4.25. The zero-order valence-corrected chi connectivity index (χ0v) is 16.3. The van der Waals surface area contributed by atoms with E-state index in [0.717, 1.165) is 34.9 Å². The number of fused-ring (bicyclic) bond motifs is 3. The van der Waals surface area contributed by atoms with Crippen LogP contribution in [0, 0.1) is 17.1 Å². The normalized spacial score (nSPS) is 15.6. The quantitative estimate of drug-likeness (QED) is 0.681. The molecule has 146 valence electrons. The summed E-state index contributed by atoms with van der Waals surface area (Å²) in [6, 6.07) is 14.6. The monoisotopic (exact) mass is 387 g/mol. The number of hydrogen-bond acceptors (Lipinski definition) is 2. The van der Waals surface area contributed by atoms with Crippen LogP contribution in [0.25, 0.3) is 10.9 Å². The summed E-state index contributed by atoms with van der Waals surface area (Å²) in [6.07, 6.45) is 2.34. The third kappa shape index (κ3) is 3.66. The zero-order valence-electron chi connectivity index (χ0n) is 16.3. The number of benzene rings is 2. The highest BCUT2D eigenvalue weighted by Gasteiger charge is 2.26. The Bertz CT molecular complexity index is 1170. The second-order valence-corrected chi connectivity index (χ2v) is 7.68. The van der Waals surface area contributed by atoms with Crippen molar-refractivity contribution in [2.75, 3.05) is 0 Å². The lowest BCUT2D eigenvalue weighted by molar-refractivity contribution is -0.118. The predicted molar refractivity (Wildman–Crippen MR) is 111 cm³/mol. The van der Waals surface area contributed by atoms with Gasteiger partial charge in [-0.05, 0) is 67.6 Å². The Morgan fingerprint density at radius 2 is 2.17 bits per heavy atom. The number of carbonyl (C=O) groups is 1. The molecule has 0 aliphatic heterocycles. The average Bonchev–Trinajstić information content (AvgIpc) is 3.00. The van der Waals surface area contributed by atoms with Gasteiger partial charge in [-0.2, -0.15) is 5.26 Å². The van der Waals surface area contributed by atoms with Crippen LogP contribution in [0.5, 0.6) is 0 Å². The maximum Gasteiger partial charge on any atom is 0.246 e. The summed E-state index contributed by atoms with van der Waals surface area (Å²) in [5.74, 6) is -0.373. The largest absolute Gasteiger partial charge is 0.349 e. The molecule has 1 atom stereocenters. The van der Waals surface area contributed by atoms with Crippen LogP contribution in [0.3, 0.4) is 0 Å². The molecule has 3 aromatic rings. The highest BCUT2D eigenvalue weighted by molar-refractivity contribution is 5.92. The van der Waals surface area contributed by atoms with E-state index in [-0.39, 0.29) is 17.8 Å². The third-order valence-electron chi connectivity index (χ3n) is 5.55. The molecule has 0 saturated carbocycles. The highest BCUT2D eigenvalue weighted by Crippen LogP contribution is 2.33. The van der Waals surface area contributed by atoms with Crippen molar-refractivity contribution in [3.05, 3.63) is 82.8 Å². The van der Waals surface area contributed by atoms with Gasteiger partial charge in [0.15, 0.2) is 0 Å². The molecule has 1 aliphatic carbocycles. The molecule has 4 rings (SSSR count). The smallest absolute Gasteiger partial charge is 0.246 e. The van der Waals surface area contributed by atoms with E-state index in [9.17, 15) is 14.4 Å². The summed E-state index contributed by atoms with van der Waals surface area (Å²) in [7, 11) is 0. The molecule has 0 bridgehead atoms. The standard InChI is InChI=1S/C24H22FN3O/c1-15(2)24(29)27-19-7-9-23-21(12-19)20-11-16(13-26)6-8-22(20)28(23)14-17-4-3-5-18(25)10-17/h3-6,8,10-11,19H,1,7,9,12,14H2,2H3,(H,27,29)/t19-/m0/s1. The number of aromatic nitrogens is 1. The summed E-state index contributed by atoms with van der Waals surface area (Å²) in [5, 5.41) is 13.4. The van der Waals surface area contributed by atoms with Gasteiger partial charge in [0, 0.05) is 34.8 Å². The van der Waals surface area contributed by atoms with E-state index in [2.05, 4.69) is 22.5 Å². The van der Waals surface area contributed by atoms with Crippen molar-refractivity contribution < 1.29 is 9.18 Å². The average molecular weight is 387 g/mol. The SMILES string of the molecule is C=C(C)C(=O)N[C@H]1CCc2c(c3cc(C#N)ccc3n2Cc2cccc(F)c2)C1. The Labute approximate surface area is 169 Å². The zero-order chi connectivity index (χ0) is 20.5.